The Labute approximate surface area is 111 Å². The Kier molecular flexibility index (Phi) is 3.34. The Morgan fingerprint density at radius 2 is 2.06 bits per heavy atom. The van der Waals surface area contributed by atoms with Crippen LogP contribution in [0.25, 0.3) is 10.6 Å². The highest BCUT2D eigenvalue weighted by atomic mass is 32.1. The number of rotatable bonds is 3. The van der Waals surface area contributed by atoms with E-state index in [2.05, 4.69) is 35.7 Å². The van der Waals surface area contributed by atoms with Crippen molar-refractivity contribution < 1.29 is 0 Å². The van der Waals surface area contributed by atoms with Crippen LogP contribution in [0.3, 0.4) is 0 Å². The maximum atomic E-state index is 5.73. The summed E-state index contributed by atoms with van der Waals surface area (Å²) in [5, 5.41) is 0.581. The zero-order valence-electron chi connectivity index (χ0n) is 11.2. The molecule has 0 spiro atoms. The van der Waals surface area contributed by atoms with Crippen LogP contribution >= 0.6 is 11.3 Å². The Bertz CT molecular complexity index is 560. The fraction of sp³-hybridized carbons (Fsp3) is 0.462. The molecule has 0 fully saturated rings. The molecular formula is C13H18N4S. The molecule has 2 aromatic rings. The molecule has 18 heavy (non-hydrogen) atoms. The number of hydrogen-bond acceptors (Lipinski definition) is 5. The van der Waals surface area contributed by atoms with Gasteiger partial charge in [-0.15, -0.1) is 0 Å². The topological polar surface area (TPSA) is 64.7 Å². The van der Waals surface area contributed by atoms with Gasteiger partial charge in [0.05, 0.1) is 16.3 Å². The summed E-state index contributed by atoms with van der Waals surface area (Å²) in [6.45, 7) is 8.40. The largest absolute Gasteiger partial charge is 0.375 e. The van der Waals surface area contributed by atoms with Crippen LogP contribution in [0, 0.1) is 6.92 Å². The van der Waals surface area contributed by atoms with Crippen molar-refractivity contribution in [3.63, 3.8) is 0 Å². The molecule has 0 bridgehead atoms. The third-order valence-corrected chi connectivity index (χ3v) is 4.20. The third kappa shape index (κ3) is 2.36. The number of aromatic nitrogens is 3. The minimum atomic E-state index is -0.0137. The number of anilines is 1. The van der Waals surface area contributed by atoms with Gasteiger partial charge in [0.1, 0.15) is 5.82 Å². The highest BCUT2D eigenvalue weighted by Crippen LogP contribution is 2.31. The van der Waals surface area contributed by atoms with Crippen LogP contribution < -0.4 is 5.73 Å². The summed E-state index contributed by atoms with van der Waals surface area (Å²) >= 11 is 1.47. The lowest BCUT2D eigenvalue weighted by Gasteiger charge is -2.20. The number of hydrogen-bond donors (Lipinski definition) is 1. The molecule has 2 rings (SSSR count). The number of nitrogen functional groups attached to an aromatic ring is 1. The van der Waals surface area contributed by atoms with Crippen LogP contribution in [0.1, 0.15) is 38.7 Å². The average molecular weight is 262 g/mol. The van der Waals surface area contributed by atoms with E-state index >= 15 is 0 Å². The van der Waals surface area contributed by atoms with E-state index in [1.165, 1.54) is 11.3 Å². The summed E-state index contributed by atoms with van der Waals surface area (Å²) in [5.74, 6) is 0.869. The first kappa shape index (κ1) is 13.0. The molecular weight excluding hydrogens is 244 g/mol. The summed E-state index contributed by atoms with van der Waals surface area (Å²) in [4.78, 5) is 14.3. The second kappa shape index (κ2) is 4.65. The van der Waals surface area contributed by atoms with Gasteiger partial charge in [-0.3, -0.25) is 0 Å². The maximum Gasteiger partial charge on any atom is 0.180 e. The standard InChI is InChI=1S/C13H18N4S/c1-5-13(3,4)11-15-7-6-9(17-11)10-8(2)16-12(14)18-10/h6-7H,5H2,1-4H3,(H2,14,16). The van der Waals surface area contributed by atoms with Gasteiger partial charge in [0, 0.05) is 11.6 Å². The van der Waals surface area contributed by atoms with E-state index < -0.39 is 0 Å². The SMILES string of the molecule is CCC(C)(C)c1nccc(-c2sc(N)nc2C)n1. The second-order valence-electron chi connectivity index (χ2n) is 4.97. The van der Waals surface area contributed by atoms with Crippen molar-refractivity contribution in [2.24, 2.45) is 0 Å². The van der Waals surface area contributed by atoms with Crippen molar-refractivity contribution in [1.29, 1.82) is 0 Å². The number of nitrogens with two attached hydrogens (primary N) is 1. The smallest absolute Gasteiger partial charge is 0.180 e. The van der Waals surface area contributed by atoms with Crippen LogP contribution in [0.4, 0.5) is 5.13 Å². The average Bonchev–Trinajstić information content (AvgIpc) is 2.69. The van der Waals surface area contributed by atoms with Gasteiger partial charge in [0.2, 0.25) is 0 Å². The molecule has 2 N–H and O–H groups in total. The Hall–Kier alpha value is -1.49. The molecule has 0 aliphatic carbocycles. The molecule has 5 heteroatoms. The van der Waals surface area contributed by atoms with Crippen molar-refractivity contribution in [1.82, 2.24) is 15.0 Å². The molecule has 0 aromatic carbocycles. The number of thiazole rings is 1. The summed E-state index contributed by atoms with van der Waals surface area (Å²) in [5.41, 5.74) is 7.55. The van der Waals surface area contributed by atoms with E-state index in [0.29, 0.717) is 5.13 Å². The van der Waals surface area contributed by atoms with Gasteiger partial charge >= 0.3 is 0 Å². The monoisotopic (exact) mass is 262 g/mol. The van der Waals surface area contributed by atoms with E-state index in [4.69, 9.17) is 5.73 Å². The zero-order valence-corrected chi connectivity index (χ0v) is 12.0. The molecule has 0 atom stereocenters. The maximum absolute atomic E-state index is 5.73. The number of aryl methyl sites for hydroxylation is 1. The third-order valence-electron chi connectivity index (χ3n) is 3.19. The van der Waals surface area contributed by atoms with Crippen molar-refractivity contribution in [3.8, 4) is 10.6 Å². The van der Waals surface area contributed by atoms with Crippen molar-refractivity contribution in [2.75, 3.05) is 5.73 Å². The summed E-state index contributed by atoms with van der Waals surface area (Å²) in [6.07, 6.45) is 2.81. The number of nitrogens with zero attached hydrogens (tertiary/aromatic N) is 3. The van der Waals surface area contributed by atoms with Crippen molar-refractivity contribution >= 4 is 16.5 Å². The normalized spacial score (nSPS) is 11.8. The molecule has 2 heterocycles. The van der Waals surface area contributed by atoms with Gasteiger partial charge in [-0.2, -0.15) is 0 Å². The predicted molar refractivity (Wildman–Crippen MR) is 75.6 cm³/mol. The minimum absolute atomic E-state index is 0.0137. The summed E-state index contributed by atoms with van der Waals surface area (Å²) < 4.78 is 0. The highest BCUT2D eigenvalue weighted by molar-refractivity contribution is 7.18. The zero-order chi connectivity index (χ0) is 13.3. The fourth-order valence-corrected chi connectivity index (χ4v) is 2.43. The minimum Gasteiger partial charge on any atom is -0.375 e. The summed E-state index contributed by atoms with van der Waals surface area (Å²) in [7, 11) is 0. The van der Waals surface area contributed by atoms with Gasteiger partial charge in [-0.1, -0.05) is 32.1 Å². The van der Waals surface area contributed by atoms with E-state index in [0.717, 1.165) is 28.5 Å². The molecule has 0 saturated carbocycles. The molecule has 0 aliphatic heterocycles. The first-order valence-electron chi connectivity index (χ1n) is 6.01. The second-order valence-corrected chi connectivity index (χ2v) is 6.00. The van der Waals surface area contributed by atoms with E-state index in [9.17, 15) is 0 Å². The molecule has 0 aliphatic rings. The predicted octanol–water partition coefficient (Wildman–Crippen LogP) is 3.18. The molecule has 0 unspecified atom stereocenters. The van der Waals surface area contributed by atoms with Gasteiger partial charge in [-0.05, 0) is 19.4 Å². The van der Waals surface area contributed by atoms with Gasteiger partial charge in [0.15, 0.2) is 5.13 Å². The van der Waals surface area contributed by atoms with E-state index in [1.54, 1.807) is 0 Å². The van der Waals surface area contributed by atoms with Crippen LogP contribution in [-0.4, -0.2) is 15.0 Å². The lowest BCUT2D eigenvalue weighted by molar-refractivity contribution is 0.473. The first-order chi connectivity index (χ1) is 8.44. The molecule has 2 aromatic heterocycles. The Morgan fingerprint density at radius 3 is 2.61 bits per heavy atom. The quantitative estimate of drug-likeness (QED) is 0.922. The van der Waals surface area contributed by atoms with Crippen LogP contribution in [0.2, 0.25) is 0 Å². The van der Waals surface area contributed by atoms with Crippen LogP contribution in [-0.2, 0) is 5.41 Å². The molecule has 0 saturated heterocycles. The van der Waals surface area contributed by atoms with E-state index in [-0.39, 0.29) is 5.41 Å². The molecule has 96 valence electrons. The fourth-order valence-electron chi connectivity index (χ4n) is 1.62. The van der Waals surface area contributed by atoms with Crippen molar-refractivity contribution in [2.45, 2.75) is 39.5 Å². The van der Waals surface area contributed by atoms with Crippen LogP contribution in [0.15, 0.2) is 12.3 Å². The van der Waals surface area contributed by atoms with Gasteiger partial charge in [0.25, 0.3) is 0 Å². The van der Waals surface area contributed by atoms with Gasteiger partial charge in [-0.25, -0.2) is 15.0 Å². The van der Waals surface area contributed by atoms with Crippen LogP contribution in [0.5, 0.6) is 0 Å². The van der Waals surface area contributed by atoms with Crippen molar-refractivity contribution in [3.05, 3.63) is 23.8 Å². The lowest BCUT2D eigenvalue weighted by Crippen LogP contribution is -2.19. The van der Waals surface area contributed by atoms with E-state index in [1.807, 2.05) is 19.2 Å². The Balaban J connectivity index is 2.48. The first-order valence-corrected chi connectivity index (χ1v) is 6.82. The Morgan fingerprint density at radius 1 is 1.33 bits per heavy atom. The summed E-state index contributed by atoms with van der Waals surface area (Å²) in [6, 6.07) is 1.91. The molecule has 4 nitrogen and oxygen atoms in total. The molecule has 0 radical (unpaired) electrons. The highest BCUT2D eigenvalue weighted by Gasteiger charge is 2.22. The molecule has 0 amide bonds. The lowest BCUT2D eigenvalue weighted by atomic mass is 9.89. The van der Waals surface area contributed by atoms with Gasteiger partial charge < -0.3 is 5.73 Å².